The Bertz CT molecular complexity index is 624. The number of benzene rings is 2. The Morgan fingerprint density at radius 2 is 1.71 bits per heavy atom. The number of hydrogen-bond acceptors (Lipinski definition) is 4. The molecule has 6 nitrogen and oxygen atoms in total. The minimum atomic E-state index is -0.359. The van der Waals surface area contributed by atoms with E-state index in [-0.39, 0.29) is 18.2 Å². The van der Waals surface area contributed by atoms with Gasteiger partial charge in [-0.1, -0.05) is 23.4 Å². The Morgan fingerprint density at radius 3 is 2.33 bits per heavy atom. The molecule has 0 radical (unpaired) electrons. The Balaban J connectivity index is 1.94. The third-order valence-corrected chi connectivity index (χ3v) is 2.59. The zero-order valence-electron chi connectivity index (χ0n) is 11.2. The molecule has 0 spiro atoms. The summed E-state index contributed by atoms with van der Waals surface area (Å²) in [4.78, 5) is 11.5. The van der Waals surface area contributed by atoms with Crippen LogP contribution in [0.4, 0.5) is 5.69 Å². The van der Waals surface area contributed by atoms with E-state index in [9.17, 15) is 4.79 Å². The highest BCUT2D eigenvalue weighted by Gasteiger charge is 2.05. The molecule has 0 fully saturated rings. The van der Waals surface area contributed by atoms with Crippen LogP contribution in [0.3, 0.4) is 0 Å². The summed E-state index contributed by atoms with van der Waals surface area (Å²) in [7, 11) is 0. The van der Waals surface area contributed by atoms with Gasteiger partial charge in [0.05, 0.1) is 6.42 Å². The second-order valence-corrected chi connectivity index (χ2v) is 4.26. The third-order valence-electron chi connectivity index (χ3n) is 2.59. The molecule has 0 saturated heterocycles. The molecule has 4 N–H and O–H groups in total. The van der Waals surface area contributed by atoms with Gasteiger partial charge in [-0.05, 0) is 36.4 Å². The van der Waals surface area contributed by atoms with Crippen molar-refractivity contribution in [1.82, 2.24) is 0 Å². The number of carbonyl (C=O) groups is 1. The average Bonchev–Trinajstić information content (AvgIpc) is 2.50. The number of hydrogen-bond donors (Lipinski definition) is 3. The Hall–Kier alpha value is -3.02. The van der Waals surface area contributed by atoms with E-state index in [1.165, 1.54) is 0 Å². The van der Waals surface area contributed by atoms with Crippen LogP contribution in [0.2, 0.25) is 0 Å². The number of rotatable bonds is 5. The van der Waals surface area contributed by atoms with Gasteiger partial charge in [0, 0.05) is 5.69 Å². The first-order valence-electron chi connectivity index (χ1n) is 6.26. The van der Waals surface area contributed by atoms with Crippen LogP contribution in [0.15, 0.2) is 59.8 Å². The summed E-state index contributed by atoms with van der Waals surface area (Å²) >= 11 is 0. The van der Waals surface area contributed by atoms with Gasteiger partial charge in [0.2, 0.25) is 5.91 Å². The number of nitrogens with zero attached hydrogens (tertiary/aromatic N) is 1. The quantitative estimate of drug-likeness (QED) is 0.340. The first kappa shape index (κ1) is 14.4. The van der Waals surface area contributed by atoms with E-state index in [0.717, 1.165) is 5.75 Å². The van der Waals surface area contributed by atoms with Crippen molar-refractivity contribution in [2.45, 2.75) is 6.42 Å². The van der Waals surface area contributed by atoms with E-state index in [1.54, 1.807) is 24.3 Å². The fourth-order valence-corrected chi connectivity index (χ4v) is 1.64. The lowest BCUT2D eigenvalue weighted by Crippen LogP contribution is -2.21. The van der Waals surface area contributed by atoms with Crippen molar-refractivity contribution in [2.24, 2.45) is 10.9 Å². The van der Waals surface area contributed by atoms with Crippen LogP contribution >= 0.6 is 0 Å². The summed E-state index contributed by atoms with van der Waals surface area (Å²) in [5, 5.41) is 13.8. The van der Waals surface area contributed by atoms with Gasteiger partial charge in [0.15, 0.2) is 0 Å². The number of amidine groups is 1. The summed E-state index contributed by atoms with van der Waals surface area (Å²) in [5.74, 6) is 0.899. The van der Waals surface area contributed by atoms with Gasteiger partial charge in [0.1, 0.15) is 17.3 Å². The van der Waals surface area contributed by atoms with Gasteiger partial charge < -0.3 is 21.0 Å². The monoisotopic (exact) mass is 285 g/mol. The molecule has 0 aliphatic rings. The van der Waals surface area contributed by atoms with Gasteiger partial charge in [-0.15, -0.1) is 0 Å². The molecule has 6 heteroatoms. The summed E-state index contributed by atoms with van der Waals surface area (Å²) in [5.41, 5.74) is 5.86. The number of ether oxygens (including phenoxy) is 1. The fourth-order valence-electron chi connectivity index (χ4n) is 1.64. The van der Waals surface area contributed by atoms with Crippen LogP contribution in [-0.4, -0.2) is 17.0 Å². The van der Waals surface area contributed by atoms with Crippen LogP contribution in [0.1, 0.15) is 6.42 Å². The molecule has 0 bridgehead atoms. The summed E-state index contributed by atoms with van der Waals surface area (Å²) in [6.07, 6.45) is -0.168. The van der Waals surface area contributed by atoms with Crippen LogP contribution < -0.4 is 15.8 Å². The lowest BCUT2D eigenvalue weighted by Gasteiger charge is -2.07. The molecular weight excluding hydrogens is 270 g/mol. The third kappa shape index (κ3) is 4.54. The number of anilines is 1. The summed E-state index contributed by atoms with van der Waals surface area (Å²) in [6, 6.07) is 16.3. The fraction of sp³-hybridized carbons (Fsp3) is 0.0667. The van der Waals surface area contributed by atoms with Crippen LogP contribution in [-0.2, 0) is 4.79 Å². The van der Waals surface area contributed by atoms with Crippen LogP contribution in [0.5, 0.6) is 11.5 Å². The molecule has 1 amide bonds. The second-order valence-electron chi connectivity index (χ2n) is 4.26. The largest absolute Gasteiger partial charge is 0.457 e. The predicted octanol–water partition coefficient (Wildman–Crippen LogP) is 2.55. The van der Waals surface area contributed by atoms with E-state index in [4.69, 9.17) is 15.7 Å². The highest BCUT2D eigenvalue weighted by atomic mass is 16.5. The minimum Gasteiger partial charge on any atom is -0.457 e. The summed E-state index contributed by atoms with van der Waals surface area (Å²) < 4.78 is 5.64. The first-order valence-corrected chi connectivity index (χ1v) is 6.26. The molecule has 0 aliphatic carbocycles. The average molecular weight is 285 g/mol. The standard InChI is InChI=1S/C15H15N3O3/c16-14(18-20)10-15(19)17-11-6-8-13(9-7-11)21-12-4-2-1-3-5-12/h1-9,20H,10H2,(H2,16,18)(H,17,19). The Kier molecular flexibility index (Phi) is 4.76. The van der Waals surface area contributed by atoms with E-state index in [0.29, 0.717) is 11.4 Å². The SMILES string of the molecule is N/C(CC(=O)Nc1ccc(Oc2ccccc2)cc1)=N\O. The van der Waals surface area contributed by atoms with Gasteiger partial charge >= 0.3 is 0 Å². The highest BCUT2D eigenvalue weighted by Crippen LogP contribution is 2.22. The molecule has 0 heterocycles. The molecule has 0 atom stereocenters. The molecule has 2 rings (SSSR count). The van der Waals surface area contributed by atoms with Crippen molar-refractivity contribution in [2.75, 3.05) is 5.32 Å². The molecule has 0 aromatic heterocycles. The molecule has 108 valence electrons. The van der Waals surface area contributed by atoms with Crippen molar-refractivity contribution in [3.05, 3.63) is 54.6 Å². The maximum atomic E-state index is 11.5. The zero-order valence-corrected chi connectivity index (χ0v) is 11.2. The van der Waals surface area contributed by atoms with E-state index < -0.39 is 0 Å². The summed E-state index contributed by atoms with van der Waals surface area (Å²) in [6.45, 7) is 0. The number of oxime groups is 1. The maximum Gasteiger partial charge on any atom is 0.232 e. The Labute approximate surface area is 121 Å². The lowest BCUT2D eigenvalue weighted by atomic mass is 10.3. The minimum absolute atomic E-state index is 0.142. The topological polar surface area (TPSA) is 96.9 Å². The molecular formula is C15H15N3O3. The van der Waals surface area contributed by atoms with Crippen molar-refractivity contribution >= 4 is 17.4 Å². The van der Waals surface area contributed by atoms with Crippen LogP contribution in [0, 0.1) is 0 Å². The number of para-hydroxylation sites is 1. The zero-order chi connectivity index (χ0) is 15.1. The normalized spacial score (nSPS) is 11.0. The smallest absolute Gasteiger partial charge is 0.232 e. The number of nitrogens with one attached hydrogen (secondary N) is 1. The van der Waals surface area contributed by atoms with Gasteiger partial charge in [-0.3, -0.25) is 4.79 Å². The highest BCUT2D eigenvalue weighted by molar-refractivity contribution is 6.04. The number of amides is 1. The molecule has 0 aliphatic heterocycles. The van der Waals surface area contributed by atoms with Crippen molar-refractivity contribution in [3.63, 3.8) is 0 Å². The Morgan fingerprint density at radius 1 is 1.10 bits per heavy atom. The molecule has 0 unspecified atom stereocenters. The van der Waals surface area contributed by atoms with Crippen molar-refractivity contribution in [1.29, 1.82) is 0 Å². The second kappa shape index (κ2) is 6.95. The van der Waals surface area contributed by atoms with Gasteiger partial charge in [0.25, 0.3) is 0 Å². The van der Waals surface area contributed by atoms with E-state index in [2.05, 4.69) is 10.5 Å². The predicted molar refractivity (Wildman–Crippen MR) is 79.6 cm³/mol. The van der Waals surface area contributed by atoms with Crippen LogP contribution in [0.25, 0.3) is 0 Å². The van der Waals surface area contributed by atoms with Crippen molar-refractivity contribution in [3.8, 4) is 11.5 Å². The molecule has 2 aromatic carbocycles. The first-order chi connectivity index (χ1) is 10.2. The van der Waals surface area contributed by atoms with E-state index in [1.807, 2.05) is 30.3 Å². The van der Waals surface area contributed by atoms with Crippen molar-refractivity contribution < 1.29 is 14.7 Å². The number of nitrogens with two attached hydrogens (primary N) is 1. The van der Waals surface area contributed by atoms with Gasteiger partial charge in [-0.25, -0.2) is 0 Å². The lowest BCUT2D eigenvalue weighted by molar-refractivity contribution is -0.115. The van der Waals surface area contributed by atoms with E-state index >= 15 is 0 Å². The molecule has 2 aromatic rings. The number of carbonyl (C=O) groups excluding carboxylic acids is 1. The molecule has 0 saturated carbocycles. The molecule has 21 heavy (non-hydrogen) atoms. The van der Waals surface area contributed by atoms with Gasteiger partial charge in [-0.2, -0.15) is 0 Å². The maximum absolute atomic E-state index is 11.5.